The predicted octanol–water partition coefficient (Wildman–Crippen LogP) is -1.53. The van der Waals surface area contributed by atoms with Crippen molar-refractivity contribution in [3.05, 3.63) is 0 Å². The molecule has 0 aromatic carbocycles. The molecular formula is C7H10N2O3. The number of aliphatic hydroxyl groups excluding tert-OH is 1. The van der Waals surface area contributed by atoms with E-state index in [1.807, 2.05) is 0 Å². The molecule has 2 saturated heterocycles. The average molecular weight is 170 g/mol. The number of amides is 2. The lowest BCUT2D eigenvalue weighted by Crippen LogP contribution is -2.47. The smallest absolute Gasteiger partial charge is 0.247 e. The van der Waals surface area contributed by atoms with Crippen LogP contribution in [0, 0.1) is 0 Å². The number of aliphatic hydroxyl groups is 1. The molecule has 2 aliphatic rings. The van der Waals surface area contributed by atoms with Gasteiger partial charge in [0, 0.05) is 12.8 Å². The van der Waals surface area contributed by atoms with E-state index in [1.165, 1.54) is 0 Å². The quantitative estimate of drug-likeness (QED) is 0.413. The molecule has 2 fully saturated rings. The number of hydrogen-bond acceptors (Lipinski definition) is 3. The summed E-state index contributed by atoms with van der Waals surface area (Å²) >= 11 is 0. The molecule has 0 saturated carbocycles. The monoisotopic (exact) mass is 170 g/mol. The van der Waals surface area contributed by atoms with E-state index in [2.05, 4.69) is 10.6 Å². The van der Waals surface area contributed by atoms with Crippen LogP contribution in [0.25, 0.3) is 0 Å². The van der Waals surface area contributed by atoms with Gasteiger partial charge in [-0.3, -0.25) is 9.59 Å². The minimum absolute atomic E-state index is 0.112. The van der Waals surface area contributed by atoms with Crippen molar-refractivity contribution in [1.29, 1.82) is 0 Å². The SMILES string of the molecule is O=C1CC[C@@]2(C[C@@H](O)NC2=O)N1. The van der Waals surface area contributed by atoms with Crippen LogP contribution in [0.5, 0.6) is 0 Å². The Bertz CT molecular complexity index is 253. The number of carbonyl (C=O) groups is 2. The van der Waals surface area contributed by atoms with Crippen molar-refractivity contribution in [1.82, 2.24) is 10.6 Å². The minimum atomic E-state index is -0.809. The highest BCUT2D eigenvalue weighted by molar-refractivity contribution is 5.96. The number of carbonyl (C=O) groups excluding carboxylic acids is 2. The van der Waals surface area contributed by atoms with Gasteiger partial charge in [0.2, 0.25) is 11.8 Å². The van der Waals surface area contributed by atoms with Gasteiger partial charge in [0.15, 0.2) is 0 Å². The van der Waals surface area contributed by atoms with E-state index in [9.17, 15) is 9.59 Å². The summed E-state index contributed by atoms with van der Waals surface area (Å²) in [5, 5.41) is 14.1. The van der Waals surface area contributed by atoms with Gasteiger partial charge in [0.05, 0.1) is 0 Å². The Kier molecular flexibility index (Phi) is 1.38. The van der Waals surface area contributed by atoms with Crippen LogP contribution in [0.15, 0.2) is 0 Å². The highest BCUT2D eigenvalue weighted by Gasteiger charge is 2.50. The number of rotatable bonds is 0. The Hall–Kier alpha value is -1.10. The van der Waals surface area contributed by atoms with Crippen LogP contribution < -0.4 is 10.6 Å². The fourth-order valence-corrected chi connectivity index (χ4v) is 1.81. The third-order valence-corrected chi connectivity index (χ3v) is 2.43. The highest BCUT2D eigenvalue weighted by Crippen LogP contribution is 2.29. The molecule has 0 aromatic heterocycles. The highest BCUT2D eigenvalue weighted by atomic mass is 16.3. The van der Waals surface area contributed by atoms with Crippen LogP contribution in [0.2, 0.25) is 0 Å². The largest absolute Gasteiger partial charge is 0.374 e. The summed E-state index contributed by atoms with van der Waals surface area (Å²) in [6.45, 7) is 0. The van der Waals surface area contributed by atoms with Crippen molar-refractivity contribution in [2.45, 2.75) is 31.0 Å². The zero-order valence-electron chi connectivity index (χ0n) is 6.46. The molecule has 3 N–H and O–H groups in total. The molecule has 2 rings (SSSR count). The first-order chi connectivity index (χ1) is 5.62. The number of nitrogens with one attached hydrogen (secondary N) is 2. The van der Waals surface area contributed by atoms with Gasteiger partial charge in [-0.25, -0.2) is 0 Å². The molecule has 2 atom stereocenters. The Balaban J connectivity index is 2.22. The molecule has 12 heavy (non-hydrogen) atoms. The van der Waals surface area contributed by atoms with E-state index in [0.29, 0.717) is 12.8 Å². The third-order valence-electron chi connectivity index (χ3n) is 2.43. The average Bonchev–Trinajstić information content (AvgIpc) is 2.43. The van der Waals surface area contributed by atoms with Gasteiger partial charge in [-0.2, -0.15) is 0 Å². The Morgan fingerprint density at radius 3 is 2.67 bits per heavy atom. The van der Waals surface area contributed by atoms with Crippen LogP contribution in [-0.4, -0.2) is 28.7 Å². The molecular weight excluding hydrogens is 160 g/mol. The summed E-state index contributed by atoms with van der Waals surface area (Å²) in [6.07, 6.45) is 0.350. The van der Waals surface area contributed by atoms with Crippen LogP contribution >= 0.6 is 0 Å². The maximum atomic E-state index is 11.3. The summed E-state index contributed by atoms with van der Waals surface area (Å²) in [7, 11) is 0. The molecule has 0 aliphatic carbocycles. The van der Waals surface area contributed by atoms with E-state index < -0.39 is 11.8 Å². The minimum Gasteiger partial charge on any atom is -0.374 e. The summed E-state index contributed by atoms with van der Waals surface area (Å²) in [5.41, 5.74) is -0.809. The first-order valence-electron chi connectivity index (χ1n) is 3.92. The van der Waals surface area contributed by atoms with Gasteiger partial charge in [-0.1, -0.05) is 0 Å². The van der Waals surface area contributed by atoms with Gasteiger partial charge in [0.25, 0.3) is 0 Å². The van der Waals surface area contributed by atoms with Crippen LogP contribution in [-0.2, 0) is 9.59 Å². The zero-order chi connectivity index (χ0) is 8.77. The van der Waals surface area contributed by atoms with E-state index in [0.717, 1.165) is 0 Å². The van der Waals surface area contributed by atoms with Crippen molar-refractivity contribution in [3.63, 3.8) is 0 Å². The molecule has 66 valence electrons. The molecule has 0 bridgehead atoms. The summed E-state index contributed by atoms with van der Waals surface area (Å²) < 4.78 is 0. The molecule has 2 aliphatic heterocycles. The molecule has 0 radical (unpaired) electrons. The van der Waals surface area contributed by atoms with Crippen LogP contribution in [0.1, 0.15) is 19.3 Å². The standard InChI is InChI=1S/C7H10N2O3/c10-4-1-2-7(9-4)3-5(11)8-6(7)12/h5,11H,1-3H2,(H,8,12)(H,9,10)/t5-,7+/m1/s1. The summed E-state index contributed by atoms with van der Waals surface area (Å²) in [6, 6.07) is 0. The summed E-state index contributed by atoms with van der Waals surface area (Å²) in [5.74, 6) is -0.375. The molecule has 5 heteroatoms. The van der Waals surface area contributed by atoms with E-state index in [4.69, 9.17) is 5.11 Å². The van der Waals surface area contributed by atoms with Crippen LogP contribution in [0.4, 0.5) is 0 Å². The lowest BCUT2D eigenvalue weighted by atomic mass is 9.96. The van der Waals surface area contributed by atoms with E-state index in [-0.39, 0.29) is 18.2 Å². The first-order valence-corrected chi connectivity index (χ1v) is 3.92. The summed E-state index contributed by atoms with van der Waals surface area (Å²) in [4.78, 5) is 22.2. The third kappa shape index (κ3) is 0.896. The zero-order valence-corrected chi connectivity index (χ0v) is 6.46. The lowest BCUT2D eigenvalue weighted by Gasteiger charge is -2.18. The molecule has 2 heterocycles. The second-order valence-corrected chi connectivity index (χ2v) is 3.32. The second-order valence-electron chi connectivity index (χ2n) is 3.32. The van der Waals surface area contributed by atoms with Gasteiger partial charge in [-0.15, -0.1) is 0 Å². The van der Waals surface area contributed by atoms with Crippen molar-refractivity contribution >= 4 is 11.8 Å². The second kappa shape index (κ2) is 2.20. The van der Waals surface area contributed by atoms with Crippen molar-refractivity contribution < 1.29 is 14.7 Å². The van der Waals surface area contributed by atoms with Gasteiger partial charge >= 0.3 is 0 Å². The van der Waals surface area contributed by atoms with E-state index >= 15 is 0 Å². The topological polar surface area (TPSA) is 78.4 Å². The maximum absolute atomic E-state index is 11.3. The molecule has 2 amide bonds. The molecule has 1 spiro atoms. The molecule has 0 unspecified atom stereocenters. The van der Waals surface area contributed by atoms with Gasteiger partial charge in [0.1, 0.15) is 11.8 Å². The lowest BCUT2D eigenvalue weighted by molar-refractivity contribution is -0.127. The molecule has 0 aromatic rings. The Morgan fingerprint density at radius 1 is 1.50 bits per heavy atom. The van der Waals surface area contributed by atoms with E-state index in [1.54, 1.807) is 0 Å². The molecule has 5 nitrogen and oxygen atoms in total. The van der Waals surface area contributed by atoms with Crippen molar-refractivity contribution in [2.24, 2.45) is 0 Å². The maximum Gasteiger partial charge on any atom is 0.247 e. The number of hydrogen-bond donors (Lipinski definition) is 3. The van der Waals surface area contributed by atoms with Gasteiger partial charge < -0.3 is 15.7 Å². The fraction of sp³-hybridized carbons (Fsp3) is 0.714. The Morgan fingerprint density at radius 2 is 2.25 bits per heavy atom. The Labute approximate surface area is 69.1 Å². The fourth-order valence-electron chi connectivity index (χ4n) is 1.81. The predicted molar refractivity (Wildman–Crippen MR) is 38.9 cm³/mol. The van der Waals surface area contributed by atoms with Gasteiger partial charge in [-0.05, 0) is 6.42 Å². The van der Waals surface area contributed by atoms with Crippen LogP contribution in [0.3, 0.4) is 0 Å². The van der Waals surface area contributed by atoms with Crippen molar-refractivity contribution in [3.8, 4) is 0 Å². The first kappa shape index (κ1) is 7.54. The van der Waals surface area contributed by atoms with Crippen molar-refractivity contribution in [2.75, 3.05) is 0 Å². The normalized spacial score (nSPS) is 40.2.